The number of carboxylic acid groups (broad SMARTS) is 1. The molecule has 2 aromatic carbocycles. The van der Waals surface area contributed by atoms with Crippen LogP contribution in [0.25, 0.3) is 21.3 Å². The van der Waals surface area contributed by atoms with Gasteiger partial charge in [-0.3, -0.25) is 4.79 Å². The highest BCUT2D eigenvalue weighted by molar-refractivity contribution is 7.17. The van der Waals surface area contributed by atoms with Crippen molar-refractivity contribution in [2.24, 2.45) is 0 Å². The minimum absolute atomic E-state index is 0.150. The van der Waals surface area contributed by atoms with Crippen molar-refractivity contribution >= 4 is 27.5 Å². The first kappa shape index (κ1) is 18.9. The highest BCUT2D eigenvalue weighted by atomic mass is 32.1. The van der Waals surface area contributed by atoms with Crippen LogP contribution >= 0.6 is 11.3 Å². The lowest BCUT2D eigenvalue weighted by Gasteiger charge is -2.06. The number of thiophene rings is 1. The maximum atomic E-state index is 12.8. The van der Waals surface area contributed by atoms with Crippen LogP contribution in [0.2, 0.25) is 0 Å². The summed E-state index contributed by atoms with van der Waals surface area (Å²) < 4.78 is 5.13. The smallest absolute Gasteiger partial charge is 0.341 e. The molecule has 0 atom stereocenters. The highest BCUT2D eigenvalue weighted by Gasteiger charge is 2.13. The van der Waals surface area contributed by atoms with Gasteiger partial charge in [0.05, 0.1) is 5.39 Å². The van der Waals surface area contributed by atoms with Crippen molar-refractivity contribution < 1.29 is 14.6 Å². The molecule has 0 bridgehead atoms. The molecule has 6 nitrogen and oxygen atoms in total. The van der Waals surface area contributed by atoms with Crippen LogP contribution in [0.5, 0.6) is 5.75 Å². The lowest BCUT2D eigenvalue weighted by molar-refractivity contribution is -0.139. The van der Waals surface area contributed by atoms with Gasteiger partial charge in [-0.2, -0.15) is 0 Å². The number of aliphatic carboxylic acids is 1. The van der Waals surface area contributed by atoms with Crippen LogP contribution in [0.1, 0.15) is 17.0 Å². The monoisotopic (exact) mass is 406 g/mol. The fourth-order valence-corrected chi connectivity index (χ4v) is 4.03. The van der Waals surface area contributed by atoms with Gasteiger partial charge >= 0.3 is 5.97 Å². The molecule has 4 rings (SSSR count). The fraction of sp³-hybridized carbons (Fsp3) is 0.136. The third-order valence-corrected chi connectivity index (χ3v) is 5.39. The third kappa shape index (κ3) is 4.20. The summed E-state index contributed by atoms with van der Waals surface area (Å²) >= 11 is 1.46. The molecule has 146 valence electrons. The van der Waals surface area contributed by atoms with Crippen LogP contribution < -0.4 is 10.3 Å². The molecule has 4 aromatic rings. The maximum absolute atomic E-state index is 12.8. The Kier molecular flexibility index (Phi) is 5.14. The second-order valence-corrected chi connectivity index (χ2v) is 7.57. The first-order chi connectivity index (χ1) is 14.0. The zero-order chi connectivity index (χ0) is 20.4. The number of nitrogens with one attached hydrogen (secondary N) is 1. The Morgan fingerprint density at radius 3 is 2.55 bits per heavy atom. The van der Waals surface area contributed by atoms with Crippen molar-refractivity contribution in [3.63, 3.8) is 0 Å². The van der Waals surface area contributed by atoms with Gasteiger partial charge in [-0.15, -0.1) is 11.3 Å². The van der Waals surface area contributed by atoms with Crippen LogP contribution in [0, 0.1) is 6.92 Å². The normalized spacial score (nSPS) is 10.9. The van der Waals surface area contributed by atoms with Gasteiger partial charge in [0.2, 0.25) is 0 Å². The number of ether oxygens (including phenoxy) is 1. The lowest BCUT2D eigenvalue weighted by Crippen LogP contribution is -2.12. The van der Waals surface area contributed by atoms with E-state index in [1.165, 1.54) is 16.9 Å². The third-order valence-electron chi connectivity index (χ3n) is 4.51. The van der Waals surface area contributed by atoms with Crippen molar-refractivity contribution in [2.45, 2.75) is 13.3 Å². The molecule has 0 unspecified atom stereocenters. The molecule has 7 heteroatoms. The maximum Gasteiger partial charge on any atom is 0.341 e. The Balaban J connectivity index is 1.59. The van der Waals surface area contributed by atoms with E-state index in [1.54, 1.807) is 12.1 Å². The zero-order valence-electron chi connectivity index (χ0n) is 15.6. The number of nitrogens with zero attached hydrogens (tertiary/aromatic N) is 1. The first-order valence-corrected chi connectivity index (χ1v) is 9.88. The quantitative estimate of drug-likeness (QED) is 0.505. The van der Waals surface area contributed by atoms with Crippen LogP contribution in [0.15, 0.2) is 58.7 Å². The summed E-state index contributed by atoms with van der Waals surface area (Å²) in [5.41, 5.74) is 3.85. The first-order valence-electron chi connectivity index (χ1n) is 9.00. The van der Waals surface area contributed by atoms with Gasteiger partial charge in [0.15, 0.2) is 6.61 Å². The lowest BCUT2D eigenvalue weighted by atomic mass is 10.0. The van der Waals surface area contributed by atoms with E-state index in [1.807, 2.05) is 48.7 Å². The fourth-order valence-electron chi connectivity index (χ4n) is 3.06. The number of aromatic nitrogens is 2. The van der Waals surface area contributed by atoms with Crippen LogP contribution in [0.4, 0.5) is 0 Å². The number of H-pyrrole nitrogens is 1. The van der Waals surface area contributed by atoms with Crippen molar-refractivity contribution in [1.29, 1.82) is 0 Å². The SMILES string of the molecule is Cc1ccc(-c2csc3nc(Cc4ccc(OCC(=O)O)cc4)[nH]c(=O)c23)cc1. The van der Waals surface area contributed by atoms with E-state index in [0.29, 0.717) is 28.2 Å². The number of hydrogen-bond acceptors (Lipinski definition) is 5. The average Bonchev–Trinajstić information content (AvgIpc) is 3.12. The number of aromatic amines is 1. The number of rotatable bonds is 6. The number of carbonyl (C=O) groups is 1. The van der Waals surface area contributed by atoms with Crippen LogP contribution in [-0.4, -0.2) is 27.7 Å². The van der Waals surface area contributed by atoms with E-state index in [0.717, 1.165) is 16.7 Å². The van der Waals surface area contributed by atoms with E-state index < -0.39 is 5.97 Å². The van der Waals surface area contributed by atoms with Gasteiger partial charge in [-0.1, -0.05) is 42.0 Å². The van der Waals surface area contributed by atoms with E-state index in [9.17, 15) is 9.59 Å². The van der Waals surface area contributed by atoms with Gasteiger partial charge in [-0.25, -0.2) is 9.78 Å². The van der Waals surface area contributed by atoms with Crippen molar-refractivity contribution in [2.75, 3.05) is 6.61 Å². The topological polar surface area (TPSA) is 92.3 Å². The Hall–Kier alpha value is -3.45. The molecule has 0 aliphatic heterocycles. The summed E-state index contributed by atoms with van der Waals surface area (Å²) in [7, 11) is 0. The number of carboxylic acids is 1. The molecule has 2 aromatic heterocycles. The predicted octanol–water partition coefficient (Wildman–Crippen LogP) is 4.01. The molecule has 0 amide bonds. The molecule has 0 aliphatic rings. The van der Waals surface area contributed by atoms with Crippen LogP contribution in [-0.2, 0) is 11.2 Å². The molecule has 0 saturated heterocycles. The van der Waals surface area contributed by atoms with E-state index in [2.05, 4.69) is 9.97 Å². The molecule has 0 aliphatic carbocycles. The van der Waals surface area contributed by atoms with Gasteiger partial charge < -0.3 is 14.8 Å². The molecule has 2 heterocycles. The molecule has 29 heavy (non-hydrogen) atoms. The summed E-state index contributed by atoms with van der Waals surface area (Å²) in [6.45, 7) is 1.65. The minimum atomic E-state index is -1.02. The van der Waals surface area contributed by atoms with Crippen LogP contribution in [0.3, 0.4) is 0 Å². The van der Waals surface area contributed by atoms with Gasteiger partial charge in [0.1, 0.15) is 16.4 Å². The predicted molar refractivity (Wildman–Crippen MR) is 113 cm³/mol. The van der Waals surface area contributed by atoms with E-state index in [-0.39, 0.29) is 12.2 Å². The molecule has 0 radical (unpaired) electrons. The summed E-state index contributed by atoms with van der Waals surface area (Å²) in [4.78, 5) is 31.5. The molecular formula is C22H18N2O4S. The van der Waals surface area contributed by atoms with Crippen molar-refractivity contribution in [3.8, 4) is 16.9 Å². The molecule has 0 spiro atoms. The molecule has 0 saturated carbocycles. The molecule has 0 fully saturated rings. The Labute approximate surface area is 170 Å². The Morgan fingerprint density at radius 1 is 1.14 bits per heavy atom. The summed E-state index contributed by atoms with van der Waals surface area (Å²) in [5, 5.41) is 11.2. The highest BCUT2D eigenvalue weighted by Crippen LogP contribution is 2.31. The second kappa shape index (κ2) is 7.89. The molecular weight excluding hydrogens is 388 g/mol. The number of fused-ring (bicyclic) bond motifs is 1. The number of aryl methyl sites for hydroxylation is 1. The number of benzene rings is 2. The van der Waals surface area contributed by atoms with Gasteiger partial charge in [0.25, 0.3) is 5.56 Å². The van der Waals surface area contributed by atoms with E-state index >= 15 is 0 Å². The Bertz CT molecular complexity index is 1220. The minimum Gasteiger partial charge on any atom is -0.482 e. The summed E-state index contributed by atoms with van der Waals surface area (Å²) in [6.07, 6.45) is 0.460. The standard InChI is InChI=1S/C22H18N2O4S/c1-13-2-6-15(7-3-13)17-12-29-22-20(17)21(27)23-18(24-22)10-14-4-8-16(9-5-14)28-11-19(25)26/h2-9,12H,10-11H2,1H3,(H,25,26)(H,23,24,27). The number of hydrogen-bond donors (Lipinski definition) is 2. The van der Waals surface area contributed by atoms with Crippen molar-refractivity contribution in [1.82, 2.24) is 9.97 Å². The largest absolute Gasteiger partial charge is 0.482 e. The second-order valence-electron chi connectivity index (χ2n) is 6.71. The van der Waals surface area contributed by atoms with Crippen molar-refractivity contribution in [3.05, 3.63) is 81.2 Å². The average molecular weight is 406 g/mol. The van der Waals surface area contributed by atoms with E-state index in [4.69, 9.17) is 9.84 Å². The Morgan fingerprint density at radius 2 is 1.86 bits per heavy atom. The molecule has 2 N–H and O–H groups in total. The zero-order valence-corrected chi connectivity index (χ0v) is 16.5. The summed E-state index contributed by atoms with van der Waals surface area (Å²) in [6, 6.07) is 15.1. The van der Waals surface area contributed by atoms with Gasteiger partial charge in [0, 0.05) is 17.4 Å². The summed E-state index contributed by atoms with van der Waals surface area (Å²) in [5.74, 6) is 0.0400. The van der Waals surface area contributed by atoms with Gasteiger partial charge in [-0.05, 0) is 30.2 Å².